The van der Waals surface area contributed by atoms with E-state index in [9.17, 15) is 14.4 Å². The molecular weight excluding hydrogens is 410 g/mol. The fourth-order valence-electron chi connectivity index (χ4n) is 3.38. The first-order valence-corrected chi connectivity index (χ1v) is 10.2. The van der Waals surface area contributed by atoms with Crippen LogP contribution in [0.25, 0.3) is 5.82 Å². The van der Waals surface area contributed by atoms with Crippen LogP contribution in [0.5, 0.6) is 0 Å². The second-order valence-corrected chi connectivity index (χ2v) is 7.68. The Morgan fingerprint density at radius 3 is 2.60 bits per heavy atom. The van der Waals surface area contributed by atoms with Gasteiger partial charge in [-0.15, -0.1) is 0 Å². The third-order valence-corrected chi connectivity index (χ3v) is 5.08. The summed E-state index contributed by atoms with van der Waals surface area (Å²) in [6, 6.07) is 4.48. The number of amides is 3. The molecule has 0 aliphatic heterocycles. The number of rotatable bonds is 5. The first-order valence-electron chi connectivity index (χ1n) is 9.81. The Morgan fingerprint density at radius 1 is 1.20 bits per heavy atom. The molecule has 0 atom stereocenters. The number of nitrogens with zero attached hydrogens (tertiary/aromatic N) is 3. The van der Waals surface area contributed by atoms with Gasteiger partial charge in [-0.3, -0.25) is 10.1 Å². The standard InChI is InChI=1S/C20H24ClN5O4/c1-12-10-13(2)26(25-12)16-9-8-15(21)18(23-16)19(28)30-11-17(27)24-20(29)22-14-6-4-3-5-7-14/h8-10,14H,3-7,11H2,1-2H3,(H2,22,24,27,29). The second-order valence-electron chi connectivity index (χ2n) is 7.27. The molecule has 160 valence electrons. The van der Waals surface area contributed by atoms with Crippen LogP contribution >= 0.6 is 11.6 Å². The number of hydrogen-bond donors (Lipinski definition) is 2. The molecule has 2 aromatic rings. The summed E-state index contributed by atoms with van der Waals surface area (Å²) in [4.78, 5) is 40.4. The average Bonchev–Trinajstić information content (AvgIpc) is 3.05. The van der Waals surface area contributed by atoms with E-state index in [4.69, 9.17) is 16.3 Å². The van der Waals surface area contributed by atoms with E-state index in [2.05, 4.69) is 20.7 Å². The number of pyridine rings is 1. The van der Waals surface area contributed by atoms with E-state index < -0.39 is 24.5 Å². The summed E-state index contributed by atoms with van der Waals surface area (Å²) in [5.41, 5.74) is 1.50. The molecule has 1 saturated carbocycles. The first-order chi connectivity index (χ1) is 14.3. The van der Waals surface area contributed by atoms with Crippen LogP contribution in [-0.4, -0.2) is 45.3 Å². The zero-order chi connectivity index (χ0) is 21.7. The number of carbonyl (C=O) groups excluding carboxylic acids is 3. The van der Waals surface area contributed by atoms with Crippen molar-refractivity contribution in [3.8, 4) is 5.82 Å². The quantitative estimate of drug-likeness (QED) is 0.700. The van der Waals surface area contributed by atoms with E-state index in [1.54, 1.807) is 10.7 Å². The number of urea groups is 1. The van der Waals surface area contributed by atoms with E-state index in [0.717, 1.165) is 43.5 Å². The van der Waals surface area contributed by atoms with Gasteiger partial charge in [0.2, 0.25) is 0 Å². The number of carbonyl (C=O) groups is 3. The van der Waals surface area contributed by atoms with Gasteiger partial charge in [-0.05, 0) is 44.9 Å². The van der Waals surface area contributed by atoms with Gasteiger partial charge in [0.1, 0.15) is 0 Å². The molecule has 0 unspecified atom stereocenters. The highest BCUT2D eigenvalue weighted by Gasteiger charge is 2.20. The van der Waals surface area contributed by atoms with Crippen LogP contribution in [-0.2, 0) is 9.53 Å². The molecule has 0 bridgehead atoms. The number of imide groups is 1. The van der Waals surface area contributed by atoms with Gasteiger partial charge in [-0.2, -0.15) is 5.10 Å². The Labute approximate surface area is 179 Å². The van der Waals surface area contributed by atoms with Crippen molar-refractivity contribution in [3.63, 3.8) is 0 Å². The molecule has 30 heavy (non-hydrogen) atoms. The van der Waals surface area contributed by atoms with Gasteiger partial charge in [-0.1, -0.05) is 30.9 Å². The van der Waals surface area contributed by atoms with E-state index in [-0.39, 0.29) is 16.8 Å². The lowest BCUT2D eigenvalue weighted by molar-refractivity contribution is -0.123. The zero-order valence-electron chi connectivity index (χ0n) is 16.9. The van der Waals surface area contributed by atoms with E-state index >= 15 is 0 Å². The Kier molecular flexibility index (Phi) is 7.04. The summed E-state index contributed by atoms with van der Waals surface area (Å²) in [7, 11) is 0. The number of aromatic nitrogens is 3. The average molecular weight is 434 g/mol. The predicted molar refractivity (Wildman–Crippen MR) is 110 cm³/mol. The van der Waals surface area contributed by atoms with Crippen molar-refractivity contribution in [3.05, 3.63) is 40.3 Å². The van der Waals surface area contributed by atoms with Gasteiger partial charge in [0.25, 0.3) is 5.91 Å². The summed E-state index contributed by atoms with van der Waals surface area (Å²) in [5.74, 6) is -1.21. The molecule has 0 spiro atoms. The van der Waals surface area contributed by atoms with Gasteiger partial charge in [0.15, 0.2) is 18.1 Å². The van der Waals surface area contributed by atoms with Crippen LogP contribution in [0.3, 0.4) is 0 Å². The van der Waals surface area contributed by atoms with Gasteiger partial charge in [-0.25, -0.2) is 19.3 Å². The number of esters is 1. The Hall–Kier alpha value is -2.94. The minimum absolute atomic E-state index is 0.0641. The van der Waals surface area contributed by atoms with Crippen molar-refractivity contribution >= 4 is 29.5 Å². The van der Waals surface area contributed by atoms with Crippen LogP contribution in [0.2, 0.25) is 5.02 Å². The van der Waals surface area contributed by atoms with Crippen LogP contribution < -0.4 is 10.6 Å². The van der Waals surface area contributed by atoms with Crippen molar-refractivity contribution in [2.45, 2.75) is 52.0 Å². The number of halogens is 1. The molecule has 3 rings (SSSR count). The lowest BCUT2D eigenvalue weighted by atomic mass is 9.96. The van der Waals surface area contributed by atoms with Gasteiger partial charge in [0.05, 0.1) is 10.7 Å². The van der Waals surface area contributed by atoms with Crippen molar-refractivity contribution in [2.75, 3.05) is 6.61 Å². The number of nitrogens with one attached hydrogen (secondary N) is 2. The summed E-state index contributed by atoms with van der Waals surface area (Å²) in [5, 5.41) is 9.32. The summed E-state index contributed by atoms with van der Waals surface area (Å²) in [6.07, 6.45) is 5.06. The van der Waals surface area contributed by atoms with Crippen LogP contribution in [0.4, 0.5) is 4.79 Å². The smallest absolute Gasteiger partial charge is 0.359 e. The van der Waals surface area contributed by atoms with E-state index in [0.29, 0.717) is 5.82 Å². The monoisotopic (exact) mass is 433 g/mol. The molecule has 2 aromatic heterocycles. The van der Waals surface area contributed by atoms with E-state index in [1.807, 2.05) is 19.9 Å². The minimum atomic E-state index is -0.869. The molecule has 9 nitrogen and oxygen atoms in total. The molecule has 3 amide bonds. The third-order valence-electron chi connectivity index (χ3n) is 4.78. The van der Waals surface area contributed by atoms with Crippen LogP contribution in [0, 0.1) is 13.8 Å². The third kappa shape index (κ3) is 5.56. The van der Waals surface area contributed by atoms with Gasteiger partial charge >= 0.3 is 12.0 Å². The number of aryl methyl sites for hydroxylation is 2. The van der Waals surface area contributed by atoms with Crippen molar-refractivity contribution < 1.29 is 19.1 Å². The molecular formula is C20H24ClN5O4. The minimum Gasteiger partial charge on any atom is -0.451 e. The second kappa shape index (κ2) is 9.71. The lowest BCUT2D eigenvalue weighted by Crippen LogP contribution is -2.46. The van der Waals surface area contributed by atoms with Crippen molar-refractivity contribution in [1.82, 2.24) is 25.4 Å². The summed E-state index contributed by atoms with van der Waals surface area (Å²) < 4.78 is 6.55. The normalized spacial score (nSPS) is 14.2. The fourth-order valence-corrected chi connectivity index (χ4v) is 3.57. The van der Waals surface area contributed by atoms with Crippen LogP contribution in [0.1, 0.15) is 54.0 Å². The lowest BCUT2D eigenvalue weighted by Gasteiger charge is -2.22. The van der Waals surface area contributed by atoms with Crippen LogP contribution in [0.15, 0.2) is 18.2 Å². The predicted octanol–water partition coefficient (Wildman–Crippen LogP) is 2.85. The maximum absolute atomic E-state index is 12.4. The SMILES string of the molecule is Cc1cc(C)n(-c2ccc(Cl)c(C(=O)OCC(=O)NC(=O)NC3CCCCC3)n2)n1. The van der Waals surface area contributed by atoms with Gasteiger partial charge < -0.3 is 10.1 Å². The molecule has 0 radical (unpaired) electrons. The molecule has 0 aromatic carbocycles. The molecule has 2 heterocycles. The maximum atomic E-state index is 12.4. The van der Waals surface area contributed by atoms with Gasteiger partial charge in [0, 0.05) is 11.7 Å². The molecule has 0 saturated heterocycles. The Bertz CT molecular complexity index is 953. The van der Waals surface area contributed by atoms with Crippen molar-refractivity contribution in [2.24, 2.45) is 0 Å². The molecule has 1 aliphatic carbocycles. The summed E-state index contributed by atoms with van der Waals surface area (Å²) in [6.45, 7) is 3.08. The van der Waals surface area contributed by atoms with E-state index in [1.165, 1.54) is 6.07 Å². The molecule has 1 aliphatic rings. The number of hydrogen-bond acceptors (Lipinski definition) is 6. The fraction of sp³-hybridized carbons (Fsp3) is 0.450. The zero-order valence-corrected chi connectivity index (χ0v) is 17.7. The highest BCUT2D eigenvalue weighted by atomic mass is 35.5. The molecule has 2 N–H and O–H groups in total. The maximum Gasteiger partial charge on any atom is 0.359 e. The summed E-state index contributed by atoms with van der Waals surface area (Å²) >= 11 is 6.07. The largest absolute Gasteiger partial charge is 0.451 e. The Balaban J connectivity index is 1.56. The highest BCUT2D eigenvalue weighted by molar-refractivity contribution is 6.33. The Morgan fingerprint density at radius 2 is 1.93 bits per heavy atom. The molecule has 1 fully saturated rings. The molecule has 10 heteroatoms. The topological polar surface area (TPSA) is 115 Å². The van der Waals surface area contributed by atoms with Crippen molar-refractivity contribution in [1.29, 1.82) is 0 Å². The highest BCUT2D eigenvalue weighted by Crippen LogP contribution is 2.19. The number of ether oxygens (including phenoxy) is 1. The first kappa shape index (κ1) is 21.8.